The van der Waals surface area contributed by atoms with E-state index in [1.807, 2.05) is 19.1 Å². The molecule has 0 radical (unpaired) electrons. The molecule has 1 aliphatic rings. The van der Waals surface area contributed by atoms with Crippen LogP contribution in [0, 0.1) is 5.92 Å². The van der Waals surface area contributed by atoms with Crippen molar-refractivity contribution in [2.75, 3.05) is 13.2 Å². The van der Waals surface area contributed by atoms with E-state index >= 15 is 0 Å². The molecule has 6 heteroatoms. The number of benzene rings is 1. The van der Waals surface area contributed by atoms with E-state index in [0.29, 0.717) is 16.6 Å². The lowest BCUT2D eigenvalue weighted by Crippen LogP contribution is -2.42. The second-order valence-corrected chi connectivity index (χ2v) is 6.37. The number of carbonyl (C=O) groups excluding carboxylic acids is 1. The van der Waals surface area contributed by atoms with Crippen molar-refractivity contribution in [3.8, 4) is 0 Å². The van der Waals surface area contributed by atoms with Gasteiger partial charge in [0.2, 0.25) is 0 Å². The van der Waals surface area contributed by atoms with Crippen LogP contribution in [0.2, 0.25) is 10.0 Å². The van der Waals surface area contributed by atoms with Gasteiger partial charge in [0.05, 0.1) is 0 Å². The van der Waals surface area contributed by atoms with Gasteiger partial charge in [0.1, 0.15) is 0 Å². The van der Waals surface area contributed by atoms with Crippen LogP contribution in [0.1, 0.15) is 24.8 Å². The van der Waals surface area contributed by atoms with Crippen LogP contribution in [0.3, 0.4) is 0 Å². The number of halogens is 2. The molecule has 2 amide bonds. The lowest BCUT2D eigenvalue weighted by atomic mass is 10.0. The fourth-order valence-electron chi connectivity index (χ4n) is 2.57. The summed E-state index contributed by atoms with van der Waals surface area (Å²) >= 11 is 12.3. The molecule has 0 aromatic heterocycles. The minimum absolute atomic E-state index is 0.0104. The normalized spacial score (nSPS) is 21.6. The third kappa shape index (κ3) is 4.38. The monoisotopic (exact) mass is 342 g/mol. The second-order valence-electron chi connectivity index (χ2n) is 5.56. The average molecular weight is 343 g/mol. The predicted molar refractivity (Wildman–Crippen MR) is 89.5 cm³/mol. The van der Waals surface area contributed by atoms with Crippen LogP contribution in [0.25, 0.3) is 0 Å². The molecule has 0 spiro atoms. The van der Waals surface area contributed by atoms with Crippen LogP contribution in [0.4, 0.5) is 4.79 Å². The molecule has 3 atom stereocenters. The van der Waals surface area contributed by atoms with Crippen LogP contribution >= 0.6 is 23.2 Å². The Morgan fingerprint density at radius 2 is 2.05 bits per heavy atom. The summed E-state index contributed by atoms with van der Waals surface area (Å²) in [6.45, 7) is 2.51. The lowest BCUT2D eigenvalue weighted by Gasteiger charge is -2.18. The average Bonchev–Trinajstić information content (AvgIpc) is 2.92. The maximum absolute atomic E-state index is 11.9. The molecule has 0 aliphatic heterocycles. The molecule has 0 heterocycles. The van der Waals surface area contributed by atoms with Gasteiger partial charge < -0.3 is 15.7 Å². The highest BCUT2D eigenvalue weighted by Crippen LogP contribution is 2.30. The Labute approximate surface area is 140 Å². The maximum atomic E-state index is 11.9. The fourth-order valence-corrected chi connectivity index (χ4v) is 3.34. The first-order chi connectivity index (χ1) is 10.5. The van der Waals surface area contributed by atoms with Gasteiger partial charge >= 0.3 is 6.03 Å². The van der Waals surface area contributed by atoms with E-state index in [-0.39, 0.29) is 30.5 Å². The van der Waals surface area contributed by atoms with Gasteiger partial charge in [0, 0.05) is 41.1 Å². The Morgan fingerprint density at radius 1 is 1.36 bits per heavy atom. The smallest absolute Gasteiger partial charge is 0.315 e. The molecule has 0 saturated heterocycles. The van der Waals surface area contributed by atoms with Crippen LogP contribution in [0.15, 0.2) is 30.4 Å². The molecule has 22 heavy (non-hydrogen) atoms. The highest BCUT2D eigenvalue weighted by Gasteiger charge is 2.20. The second kappa shape index (κ2) is 7.86. The van der Waals surface area contributed by atoms with Crippen molar-refractivity contribution in [3.63, 3.8) is 0 Å². The Morgan fingerprint density at radius 3 is 2.64 bits per heavy atom. The Bertz CT molecular complexity index is 543. The number of hydrogen-bond acceptors (Lipinski definition) is 2. The minimum Gasteiger partial charge on any atom is -0.396 e. The highest BCUT2D eigenvalue weighted by molar-refractivity contribution is 6.36. The summed E-state index contributed by atoms with van der Waals surface area (Å²) in [7, 11) is 0. The molecule has 0 saturated carbocycles. The summed E-state index contributed by atoms with van der Waals surface area (Å²) in [5.74, 6) is 0.141. The number of hydrogen-bond donors (Lipinski definition) is 3. The quantitative estimate of drug-likeness (QED) is 0.718. The maximum Gasteiger partial charge on any atom is 0.315 e. The zero-order valence-corrected chi connectivity index (χ0v) is 13.9. The Balaban J connectivity index is 1.82. The van der Waals surface area contributed by atoms with Gasteiger partial charge in [-0.25, -0.2) is 4.79 Å². The predicted octanol–water partition coefficient (Wildman–Crippen LogP) is 3.33. The molecule has 120 valence electrons. The molecule has 3 N–H and O–H groups in total. The van der Waals surface area contributed by atoms with Gasteiger partial charge in [0.15, 0.2) is 0 Å². The van der Waals surface area contributed by atoms with E-state index in [4.69, 9.17) is 28.3 Å². The molecule has 1 aliphatic carbocycles. The summed E-state index contributed by atoms with van der Waals surface area (Å²) in [6.07, 6.45) is 4.57. The zero-order chi connectivity index (χ0) is 16.1. The topological polar surface area (TPSA) is 61.4 Å². The van der Waals surface area contributed by atoms with Crippen molar-refractivity contribution < 1.29 is 9.90 Å². The van der Waals surface area contributed by atoms with E-state index in [1.54, 1.807) is 18.2 Å². The van der Waals surface area contributed by atoms with Gasteiger partial charge in [-0.3, -0.25) is 0 Å². The van der Waals surface area contributed by atoms with Gasteiger partial charge in [-0.05, 0) is 24.1 Å². The number of amides is 2. The molecule has 4 nitrogen and oxygen atoms in total. The van der Waals surface area contributed by atoms with Gasteiger partial charge in [-0.15, -0.1) is 0 Å². The van der Waals surface area contributed by atoms with E-state index in [1.165, 1.54) is 0 Å². The van der Waals surface area contributed by atoms with Gasteiger partial charge in [-0.1, -0.05) is 48.3 Å². The number of aliphatic hydroxyl groups is 1. The van der Waals surface area contributed by atoms with Gasteiger partial charge in [-0.2, -0.15) is 0 Å². The van der Waals surface area contributed by atoms with Gasteiger partial charge in [0.25, 0.3) is 0 Å². The Hall–Kier alpha value is -1.23. The largest absolute Gasteiger partial charge is 0.396 e. The highest BCUT2D eigenvalue weighted by atomic mass is 35.5. The fraction of sp³-hybridized carbons (Fsp3) is 0.438. The van der Waals surface area contributed by atoms with Crippen LogP contribution in [-0.4, -0.2) is 30.3 Å². The molecule has 2 rings (SSSR count). The number of nitrogens with one attached hydrogen (secondary N) is 2. The summed E-state index contributed by atoms with van der Waals surface area (Å²) < 4.78 is 0. The van der Waals surface area contributed by atoms with Crippen LogP contribution in [-0.2, 0) is 0 Å². The van der Waals surface area contributed by atoms with Crippen molar-refractivity contribution in [3.05, 3.63) is 46.0 Å². The number of aliphatic hydroxyl groups excluding tert-OH is 1. The molecular formula is C16H20Cl2N2O2. The molecule has 1 aromatic carbocycles. The van der Waals surface area contributed by atoms with E-state index in [2.05, 4.69) is 10.6 Å². The summed E-state index contributed by atoms with van der Waals surface area (Å²) in [4.78, 5) is 11.9. The molecule has 1 unspecified atom stereocenters. The standard InChI is InChI=1S/C16H20Cl2N2O2/c1-10(15-13(17)3-2-4-14(15)18)8-19-16(22)20-12-6-5-11(7-12)9-21/h2-6,10-12,21H,7-9H2,1H3,(H2,19,20,22)/t10?,11-,12+/m0/s1. The lowest BCUT2D eigenvalue weighted by molar-refractivity contribution is 0.231. The molecule has 0 fully saturated rings. The first kappa shape index (κ1) is 17.1. The van der Waals surface area contributed by atoms with Crippen molar-refractivity contribution >= 4 is 29.2 Å². The Kier molecular flexibility index (Phi) is 6.12. The molecule has 0 bridgehead atoms. The summed E-state index contributed by atoms with van der Waals surface area (Å²) in [5.41, 5.74) is 0.840. The third-order valence-corrected chi connectivity index (χ3v) is 4.44. The minimum atomic E-state index is -0.233. The SMILES string of the molecule is CC(CNC(=O)N[C@@H]1C=C[C@H](CO)C1)c1c(Cl)cccc1Cl. The van der Waals surface area contributed by atoms with Crippen molar-refractivity contribution in [2.45, 2.75) is 25.3 Å². The van der Waals surface area contributed by atoms with Crippen molar-refractivity contribution in [2.24, 2.45) is 5.92 Å². The molecular weight excluding hydrogens is 323 g/mol. The summed E-state index contributed by atoms with van der Waals surface area (Å²) in [5, 5.41) is 16.0. The first-order valence-electron chi connectivity index (χ1n) is 7.28. The van der Waals surface area contributed by atoms with E-state index < -0.39 is 0 Å². The summed E-state index contributed by atoms with van der Waals surface area (Å²) in [6, 6.07) is 5.11. The number of carbonyl (C=O) groups is 1. The van der Waals surface area contributed by atoms with Crippen LogP contribution < -0.4 is 10.6 Å². The first-order valence-corrected chi connectivity index (χ1v) is 8.04. The van der Waals surface area contributed by atoms with E-state index in [0.717, 1.165) is 12.0 Å². The van der Waals surface area contributed by atoms with E-state index in [9.17, 15) is 4.79 Å². The number of urea groups is 1. The number of rotatable bonds is 5. The third-order valence-electron chi connectivity index (χ3n) is 3.78. The van der Waals surface area contributed by atoms with Crippen molar-refractivity contribution in [1.82, 2.24) is 10.6 Å². The van der Waals surface area contributed by atoms with Crippen LogP contribution in [0.5, 0.6) is 0 Å². The molecule has 1 aromatic rings. The zero-order valence-electron chi connectivity index (χ0n) is 12.4. The van der Waals surface area contributed by atoms with Crippen molar-refractivity contribution in [1.29, 1.82) is 0 Å².